The molecule has 0 unspecified atom stereocenters. The molecule has 0 aliphatic heterocycles. The minimum absolute atomic E-state index is 0.173. The Morgan fingerprint density at radius 1 is 1.12 bits per heavy atom. The van der Waals surface area contributed by atoms with E-state index in [0.717, 1.165) is 32.1 Å². The van der Waals surface area contributed by atoms with Gasteiger partial charge in [0.25, 0.3) is 0 Å². The molecule has 0 saturated heterocycles. The molecule has 0 radical (unpaired) electrons. The first-order valence-corrected chi connectivity index (χ1v) is 5.76. The molecule has 0 bridgehead atoms. The van der Waals surface area contributed by atoms with E-state index in [0.29, 0.717) is 6.42 Å². The van der Waals surface area contributed by atoms with E-state index in [1.807, 2.05) is 6.08 Å². The number of hydrogen-bond donors (Lipinski definition) is 2. The second-order valence-corrected chi connectivity index (χ2v) is 3.77. The fourth-order valence-electron chi connectivity index (χ4n) is 1.37. The van der Waals surface area contributed by atoms with Crippen molar-refractivity contribution in [2.75, 3.05) is 6.54 Å². The van der Waals surface area contributed by atoms with Crippen molar-refractivity contribution < 1.29 is 14.7 Å². The van der Waals surface area contributed by atoms with Crippen molar-refractivity contribution in [3.63, 3.8) is 0 Å². The largest absolute Gasteiger partial charge is 0.480 e. The maximum atomic E-state index is 11.1. The van der Waals surface area contributed by atoms with Gasteiger partial charge in [-0.2, -0.15) is 0 Å². The standard InChI is InChI=1S/C12H21NO3/c1-2-3-4-5-6-7-8-9-11(14)13-10-12(15)16/h2H,1,3-10H2,(H,13,14)(H,15,16). The van der Waals surface area contributed by atoms with Crippen molar-refractivity contribution in [1.29, 1.82) is 0 Å². The Bertz CT molecular complexity index is 226. The van der Waals surface area contributed by atoms with Crippen molar-refractivity contribution in [1.82, 2.24) is 5.32 Å². The highest BCUT2D eigenvalue weighted by Gasteiger charge is 2.02. The van der Waals surface area contributed by atoms with Gasteiger partial charge in [-0.1, -0.05) is 25.3 Å². The number of carbonyl (C=O) groups is 2. The first kappa shape index (κ1) is 14.7. The van der Waals surface area contributed by atoms with Crippen LogP contribution in [-0.2, 0) is 9.59 Å². The number of hydrogen-bond acceptors (Lipinski definition) is 2. The minimum atomic E-state index is -1.00. The van der Waals surface area contributed by atoms with Gasteiger partial charge in [-0.25, -0.2) is 0 Å². The van der Waals surface area contributed by atoms with Gasteiger partial charge in [0.05, 0.1) is 0 Å². The fraction of sp³-hybridized carbons (Fsp3) is 0.667. The fourth-order valence-corrected chi connectivity index (χ4v) is 1.37. The highest BCUT2D eigenvalue weighted by Crippen LogP contribution is 2.07. The Labute approximate surface area is 96.7 Å². The molecule has 0 rings (SSSR count). The molecule has 4 nitrogen and oxygen atoms in total. The maximum Gasteiger partial charge on any atom is 0.322 e. The summed E-state index contributed by atoms with van der Waals surface area (Å²) >= 11 is 0. The van der Waals surface area contributed by atoms with Crippen LogP contribution < -0.4 is 5.32 Å². The topological polar surface area (TPSA) is 66.4 Å². The molecule has 0 aliphatic rings. The smallest absolute Gasteiger partial charge is 0.322 e. The molecule has 2 N–H and O–H groups in total. The zero-order valence-corrected chi connectivity index (χ0v) is 9.71. The van der Waals surface area contributed by atoms with Gasteiger partial charge in [-0.05, 0) is 19.3 Å². The average molecular weight is 227 g/mol. The number of amides is 1. The third kappa shape index (κ3) is 10.8. The Hall–Kier alpha value is -1.32. The third-order valence-electron chi connectivity index (χ3n) is 2.25. The Balaban J connectivity index is 3.21. The van der Waals surface area contributed by atoms with E-state index < -0.39 is 5.97 Å². The molecule has 0 atom stereocenters. The molecule has 0 aromatic rings. The van der Waals surface area contributed by atoms with Gasteiger partial charge < -0.3 is 10.4 Å². The van der Waals surface area contributed by atoms with Crippen molar-refractivity contribution in [3.05, 3.63) is 12.7 Å². The van der Waals surface area contributed by atoms with Gasteiger partial charge in [-0.15, -0.1) is 6.58 Å². The van der Waals surface area contributed by atoms with Crippen molar-refractivity contribution in [3.8, 4) is 0 Å². The number of carboxylic acids is 1. The Kier molecular flexibility index (Phi) is 9.36. The van der Waals surface area contributed by atoms with Gasteiger partial charge in [0, 0.05) is 6.42 Å². The minimum Gasteiger partial charge on any atom is -0.480 e. The van der Waals surface area contributed by atoms with Crippen LogP contribution in [0.5, 0.6) is 0 Å². The number of unbranched alkanes of at least 4 members (excludes halogenated alkanes) is 5. The summed E-state index contributed by atoms with van der Waals surface area (Å²) in [6.45, 7) is 3.37. The predicted molar refractivity (Wildman–Crippen MR) is 63.2 cm³/mol. The van der Waals surface area contributed by atoms with Crippen LogP contribution in [-0.4, -0.2) is 23.5 Å². The van der Waals surface area contributed by atoms with Gasteiger partial charge in [0.1, 0.15) is 6.54 Å². The van der Waals surface area contributed by atoms with Gasteiger partial charge >= 0.3 is 5.97 Å². The lowest BCUT2D eigenvalue weighted by molar-refractivity contribution is -0.137. The van der Waals surface area contributed by atoms with E-state index in [4.69, 9.17) is 5.11 Å². The normalized spacial score (nSPS) is 9.75. The SMILES string of the molecule is C=CCCCCCCCC(=O)NCC(=O)O. The molecule has 92 valence electrons. The number of rotatable bonds is 10. The van der Waals surface area contributed by atoms with Crippen LogP contribution in [0.25, 0.3) is 0 Å². The maximum absolute atomic E-state index is 11.1. The second-order valence-electron chi connectivity index (χ2n) is 3.77. The summed E-state index contributed by atoms with van der Waals surface area (Å²) < 4.78 is 0. The zero-order valence-electron chi connectivity index (χ0n) is 9.71. The molecule has 0 spiro atoms. The van der Waals surface area contributed by atoms with Crippen molar-refractivity contribution in [2.24, 2.45) is 0 Å². The molecule has 0 fully saturated rings. The summed E-state index contributed by atoms with van der Waals surface area (Å²) in [5, 5.41) is 10.7. The highest BCUT2D eigenvalue weighted by molar-refractivity contribution is 5.80. The highest BCUT2D eigenvalue weighted by atomic mass is 16.4. The third-order valence-corrected chi connectivity index (χ3v) is 2.25. The Morgan fingerprint density at radius 2 is 1.75 bits per heavy atom. The quantitative estimate of drug-likeness (QED) is 0.443. The van der Waals surface area contributed by atoms with Crippen molar-refractivity contribution in [2.45, 2.75) is 44.9 Å². The summed E-state index contributed by atoms with van der Waals surface area (Å²) in [5.41, 5.74) is 0. The number of carbonyl (C=O) groups excluding carboxylic acids is 1. The van der Waals surface area contributed by atoms with Crippen LogP contribution in [0.15, 0.2) is 12.7 Å². The average Bonchev–Trinajstić information content (AvgIpc) is 2.25. The first-order valence-electron chi connectivity index (χ1n) is 5.76. The van der Waals surface area contributed by atoms with Gasteiger partial charge in [0.2, 0.25) is 5.91 Å². The molecular weight excluding hydrogens is 206 g/mol. The van der Waals surface area contributed by atoms with Crippen LogP contribution in [0.4, 0.5) is 0 Å². The molecule has 4 heteroatoms. The van der Waals surface area contributed by atoms with Gasteiger partial charge in [0.15, 0.2) is 0 Å². The lowest BCUT2D eigenvalue weighted by Crippen LogP contribution is -2.28. The van der Waals surface area contributed by atoms with Crippen LogP contribution >= 0.6 is 0 Å². The summed E-state index contributed by atoms with van der Waals surface area (Å²) in [7, 11) is 0. The molecule has 0 aromatic heterocycles. The van der Waals surface area contributed by atoms with E-state index >= 15 is 0 Å². The number of aliphatic carboxylic acids is 1. The van der Waals surface area contributed by atoms with Crippen LogP contribution in [0, 0.1) is 0 Å². The summed E-state index contributed by atoms with van der Waals surface area (Å²) in [5.74, 6) is -1.17. The molecule has 1 amide bonds. The van der Waals surface area contributed by atoms with E-state index in [1.54, 1.807) is 0 Å². The molecule has 0 aliphatic carbocycles. The molecule has 0 heterocycles. The monoisotopic (exact) mass is 227 g/mol. The second kappa shape index (κ2) is 10.2. The van der Waals surface area contributed by atoms with Crippen LogP contribution in [0.3, 0.4) is 0 Å². The van der Waals surface area contributed by atoms with Gasteiger partial charge in [-0.3, -0.25) is 9.59 Å². The lowest BCUT2D eigenvalue weighted by Gasteiger charge is -2.02. The van der Waals surface area contributed by atoms with E-state index in [2.05, 4.69) is 11.9 Å². The molecule has 16 heavy (non-hydrogen) atoms. The number of allylic oxidation sites excluding steroid dienone is 1. The predicted octanol–water partition coefficient (Wildman–Crippen LogP) is 2.10. The summed E-state index contributed by atoms with van der Waals surface area (Å²) in [4.78, 5) is 21.3. The molecule has 0 saturated carbocycles. The zero-order chi connectivity index (χ0) is 12.2. The molecular formula is C12H21NO3. The molecule has 0 aromatic carbocycles. The number of carboxylic acid groups (broad SMARTS) is 1. The first-order chi connectivity index (χ1) is 7.66. The van der Waals surface area contributed by atoms with Crippen LogP contribution in [0.2, 0.25) is 0 Å². The Morgan fingerprint density at radius 3 is 2.38 bits per heavy atom. The van der Waals surface area contributed by atoms with Crippen molar-refractivity contribution >= 4 is 11.9 Å². The lowest BCUT2D eigenvalue weighted by atomic mass is 10.1. The van der Waals surface area contributed by atoms with Crippen LogP contribution in [0.1, 0.15) is 44.9 Å². The summed E-state index contributed by atoms with van der Waals surface area (Å²) in [6.07, 6.45) is 8.71. The van der Waals surface area contributed by atoms with E-state index in [1.165, 1.54) is 6.42 Å². The van der Waals surface area contributed by atoms with E-state index in [-0.39, 0.29) is 12.5 Å². The van der Waals surface area contributed by atoms with E-state index in [9.17, 15) is 9.59 Å². The summed E-state index contributed by atoms with van der Waals surface area (Å²) in [6, 6.07) is 0. The number of nitrogens with one attached hydrogen (secondary N) is 1.